The Morgan fingerprint density at radius 2 is 1.86 bits per heavy atom. The third-order valence-corrected chi connectivity index (χ3v) is 3.69. The van der Waals surface area contributed by atoms with Crippen LogP contribution in [-0.4, -0.2) is 16.1 Å². The first kappa shape index (κ1) is 15.7. The number of aromatic nitrogens is 2. The van der Waals surface area contributed by atoms with E-state index in [4.69, 9.17) is 11.6 Å². The summed E-state index contributed by atoms with van der Waals surface area (Å²) in [5.74, 6) is -0.0770. The van der Waals surface area contributed by atoms with Crippen molar-refractivity contribution in [3.8, 4) is 0 Å². The van der Waals surface area contributed by atoms with Gasteiger partial charge in [0, 0.05) is 10.4 Å². The van der Waals surface area contributed by atoms with Crippen molar-refractivity contribution >= 4 is 46.1 Å². The van der Waals surface area contributed by atoms with Crippen LogP contribution in [-0.2, 0) is 4.79 Å². The van der Waals surface area contributed by atoms with Crippen molar-refractivity contribution in [1.29, 1.82) is 0 Å². The van der Waals surface area contributed by atoms with Gasteiger partial charge in [0.25, 0.3) is 0 Å². The first-order valence-corrected chi connectivity index (χ1v) is 7.63. The Balaban J connectivity index is 2.03. The summed E-state index contributed by atoms with van der Waals surface area (Å²) in [5, 5.41) is 12.7. The molecular formula is C15H16ClN3OS. The molecule has 0 bridgehead atoms. The molecule has 1 aromatic carbocycles. The Morgan fingerprint density at radius 3 is 2.48 bits per heavy atom. The molecule has 21 heavy (non-hydrogen) atoms. The molecule has 4 nitrogen and oxygen atoms in total. The summed E-state index contributed by atoms with van der Waals surface area (Å²) in [6, 6.07) is 7.50. The highest BCUT2D eigenvalue weighted by molar-refractivity contribution is 7.16. The molecule has 0 saturated heterocycles. The predicted octanol–water partition coefficient (Wildman–Crippen LogP) is 4.35. The lowest BCUT2D eigenvalue weighted by Gasteiger charge is -2.15. The molecule has 0 aliphatic rings. The van der Waals surface area contributed by atoms with Crippen LogP contribution >= 0.6 is 22.9 Å². The second kappa shape index (κ2) is 6.37. The van der Waals surface area contributed by atoms with Gasteiger partial charge in [-0.2, -0.15) is 0 Å². The summed E-state index contributed by atoms with van der Waals surface area (Å²) in [4.78, 5) is 11.9. The summed E-state index contributed by atoms with van der Waals surface area (Å²) < 4.78 is 0. The SMILES string of the molecule is CC(C)(C)C(=O)Nc1nnc(C=Cc2ccc(Cl)cc2)s1. The van der Waals surface area contributed by atoms with Gasteiger partial charge in [-0.05, 0) is 23.8 Å². The average Bonchev–Trinajstić information content (AvgIpc) is 2.85. The minimum absolute atomic E-state index is 0.0770. The van der Waals surface area contributed by atoms with Gasteiger partial charge in [0.15, 0.2) is 0 Å². The van der Waals surface area contributed by atoms with Gasteiger partial charge in [0.1, 0.15) is 5.01 Å². The van der Waals surface area contributed by atoms with Crippen molar-refractivity contribution < 1.29 is 4.79 Å². The van der Waals surface area contributed by atoms with Gasteiger partial charge >= 0.3 is 0 Å². The third kappa shape index (κ3) is 4.65. The van der Waals surface area contributed by atoms with Crippen LogP contribution in [0, 0.1) is 5.41 Å². The zero-order chi connectivity index (χ0) is 15.5. The Kier molecular flexibility index (Phi) is 4.75. The van der Waals surface area contributed by atoms with Crippen molar-refractivity contribution in [1.82, 2.24) is 10.2 Å². The quantitative estimate of drug-likeness (QED) is 0.914. The molecule has 0 unspecified atom stereocenters. The number of hydrogen-bond donors (Lipinski definition) is 1. The van der Waals surface area contributed by atoms with Gasteiger partial charge in [-0.1, -0.05) is 61.9 Å². The van der Waals surface area contributed by atoms with Crippen LogP contribution in [0.1, 0.15) is 31.3 Å². The highest BCUT2D eigenvalue weighted by Gasteiger charge is 2.22. The molecule has 0 aliphatic carbocycles. The number of rotatable bonds is 3. The van der Waals surface area contributed by atoms with Gasteiger partial charge in [-0.15, -0.1) is 10.2 Å². The van der Waals surface area contributed by atoms with Crippen LogP contribution < -0.4 is 5.32 Å². The summed E-state index contributed by atoms with van der Waals surface area (Å²) in [5.41, 5.74) is 0.570. The van der Waals surface area contributed by atoms with E-state index in [0.717, 1.165) is 10.6 Å². The fourth-order valence-electron chi connectivity index (χ4n) is 1.38. The fraction of sp³-hybridized carbons (Fsp3) is 0.267. The molecule has 0 radical (unpaired) electrons. The minimum atomic E-state index is -0.453. The Hall–Kier alpha value is -1.72. The number of nitrogens with one attached hydrogen (secondary N) is 1. The van der Waals surface area contributed by atoms with Crippen molar-refractivity contribution in [2.75, 3.05) is 5.32 Å². The van der Waals surface area contributed by atoms with E-state index in [0.29, 0.717) is 10.2 Å². The van der Waals surface area contributed by atoms with Crippen molar-refractivity contribution in [2.24, 2.45) is 5.41 Å². The van der Waals surface area contributed by atoms with Crippen LogP contribution in [0.2, 0.25) is 5.02 Å². The third-order valence-electron chi connectivity index (χ3n) is 2.63. The standard InChI is InChI=1S/C15H16ClN3OS/c1-15(2,3)13(20)17-14-19-18-12(21-14)9-6-10-4-7-11(16)8-5-10/h4-9H,1-3H3,(H,17,19,20). The predicted molar refractivity (Wildman–Crippen MR) is 88.4 cm³/mol. The topological polar surface area (TPSA) is 54.9 Å². The molecule has 2 aromatic rings. The van der Waals surface area contributed by atoms with E-state index in [9.17, 15) is 4.79 Å². The summed E-state index contributed by atoms with van der Waals surface area (Å²) in [7, 11) is 0. The highest BCUT2D eigenvalue weighted by Crippen LogP contribution is 2.21. The Labute approximate surface area is 132 Å². The molecule has 0 saturated carbocycles. The summed E-state index contributed by atoms with van der Waals surface area (Å²) in [6.45, 7) is 5.56. The van der Waals surface area contributed by atoms with Crippen LogP contribution in [0.15, 0.2) is 24.3 Å². The smallest absolute Gasteiger partial charge is 0.231 e. The minimum Gasteiger partial charge on any atom is -0.300 e. The summed E-state index contributed by atoms with van der Waals surface area (Å²) >= 11 is 7.17. The number of benzene rings is 1. The zero-order valence-corrected chi connectivity index (χ0v) is 13.6. The number of halogens is 1. The number of hydrogen-bond acceptors (Lipinski definition) is 4. The molecule has 0 spiro atoms. The molecule has 0 aliphatic heterocycles. The van der Waals surface area contributed by atoms with Crippen LogP contribution in [0.5, 0.6) is 0 Å². The van der Waals surface area contributed by atoms with Gasteiger partial charge in [-0.25, -0.2) is 0 Å². The number of nitrogens with zero attached hydrogens (tertiary/aromatic N) is 2. The van der Waals surface area contributed by atoms with E-state index in [1.807, 2.05) is 57.2 Å². The molecule has 2 rings (SSSR count). The lowest BCUT2D eigenvalue weighted by molar-refractivity contribution is -0.123. The highest BCUT2D eigenvalue weighted by atomic mass is 35.5. The van der Waals surface area contributed by atoms with Gasteiger partial charge in [0.05, 0.1) is 0 Å². The van der Waals surface area contributed by atoms with Gasteiger partial charge in [0.2, 0.25) is 11.0 Å². The van der Waals surface area contributed by atoms with E-state index >= 15 is 0 Å². The first-order chi connectivity index (χ1) is 9.84. The van der Waals surface area contributed by atoms with Crippen LogP contribution in [0.4, 0.5) is 5.13 Å². The molecule has 0 atom stereocenters. The number of carbonyl (C=O) groups excluding carboxylic acids is 1. The molecule has 6 heteroatoms. The lowest BCUT2D eigenvalue weighted by atomic mass is 9.96. The van der Waals surface area contributed by atoms with Crippen LogP contribution in [0.25, 0.3) is 12.2 Å². The van der Waals surface area contributed by atoms with Crippen molar-refractivity contribution in [2.45, 2.75) is 20.8 Å². The van der Waals surface area contributed by atoms with Gasteiger partial charge < -0.3 is 5.32 Å². The van der Waals surface area contributed by atoms with E-state index in [1.165, 1.54) is 11.3 Å². The van der Waals surface area contributed by atoms with E-state index in [1.54, 1.807) is 0 Å². The van der Waals surface area contributed by atoms with E-state index in [-0.39, 0.29) is 5.91 Å². The normalized spacial score (nSPS) is 11.8. The van der Waals surface area contributed by atoms with Crippen molar-refractivity contribution in [3.05, 3.63) is 39.9 Å². The molecule has 110 valence electrons. The fourth-order valence-corrected chi connectivity index (χ4v) is 2.15. The number of anilines is 1. The maximum atomic E-state index is 11.9. The lowest BCUT2D eigenvalue weighted by Crippen LogP contribution is -2.27. The largest absolute Gasteiger partial charge is 0.300 e. The maximum absolute atomic E-state index is 11.9. The van der Waals surface area contributed by atoms with E-state index in [2.05, 4.69) is 15.5 Å². The molecular weight excluding hydrogens is 306 g/mol. The Morgan fingerprint density at radius 1 is 1.19 bits per heavy atom. The molecule has 1 aromatic heterocycles. The average molecular weight is 322 g/mol. The number of amides is 1. The van der Waals surface area contributed by atoms with Crippen molar-refractivity contribution in [3.63, 3.8) is 0 Å². The number of carbonyl (C=O) groups is 1. The molecule has 0 fully saturated rings. The van der Waals surface area contributed by atoms with Crippen LogP contribution in [0.3, 0.4) is 0 Å². The molecule has 1 amide bonds. The summed E-state index contributed by atoms with van der Waals surface area (Å²) in [6.07, 6.45) is 3.78. The monoisotopic (exact) mass is 321 g/mol. The second-order valence-electron chi connectivity index (χ2n) is 5.53. The Bertz CT molecular complexity index is 656. The van der Waals surface area contributed by atoms with Gasteiger partial charge in [-0.3, -0.25) is 4.79 Å². The molecule has 1 heterocycles. The maximum Gasteiger partial charge on any atom is 0.231 e. The first-order valence-electron chi connectivity index (χ1n) is 6.43. The zero-order valence-electron chi connectivity index (χ0n) is 12.1. The van der Waals surface area contributed by atoms with E-state index < -0.39 is 5.41 Å². The molecule has 1 N–H and O–H groups in total. The second-order valence-corrected chi connectivity index (χ2v) is 6.98.